The zero-order chi connectivity index (χ0) is 29.6. The first-order valence-electron chi connectivity index (χ1n) is 17.1. The molecule has 0 aromatic carbocycles. The van der Waals surface area contributed by atoms with Crippen LogP contribution in [-0.2, 0) is 14.3 Å². The normalized spacial score (nSPS) is 51.3. The van der Waals surface area contributed by atoms with Crippen molar-refractivity contribution in [3.63, 3.8) is 0 Å². The molecule has 11 atom stereocenters. The van der Waals surface area contributed by atoms with Crippen LogP contribution in [0.4, 0.5) is 0 Å². The molecular weight excluding hydrogens is 508 g/mol. The largest absolute Gasteiger partial charge is 0.461 e. The van der Waals surface area contributed by atoms with Crippen molar-refractivity contribution in [2.45, 2.75) is 119 Å². The maximum atomic E-state index is 14.5. The van der Waals surface area contributed by atoms with E-state index in [1.165, 1.54) is 32.6 Å². The van der Waals surface area contributed by atoms with Gasteiger partial charge in [-0.15, -0.1) is 0 Å². The number of nitrogens with zero attached hydrogens (tertiary/aromatic N) is 1. The van der Waals surface area contributed by atoms with Crippen LogP contribution in [0.1, 0.15) is 113 Å². The average molecular weight is 567 g/mol. The molecule has 0 bridgehead atoms. The molecule has 0 spiro atoms. The number of hydrogen-bond acceptors (Lipinski definition) is 4. The van der Waals surface area contributed by atoms with Crippen molar-refractivity contribution in [2.24, 2.45) is 56.7 Å². The first-order chi connectivity index (χ1) is 19.2. The van der Waals surface area contributed by atoms with Gasteiger partial charge in [-0.25, -0.2) is 0 Å². The van der Waals surface area contributed by atoms with Crippen molar-refractivity contribution in [3.8, 4) is 0 Å². The fourth-order valence-corrected chi connectivity index (χ4v) is 12.4. The Kier molecular flexibility index (Phi) is 7.12. The summed E-state index contributed by atoms with van der Waals surface area (Å²) in [4.78, 5) is 29.0. The Morgan fingerprint density at radius 1 is 0.902 bits per heavy atom. The summed E-state index contributed by atoms with van der Waals surface area (Å²) in [7, 11) is 0. The van der Waals surface area contributed by atoms with Gasteiger partial charge < -0.3 is 15.0 Å². The number of ether oxygens (including phenoxy) is 1. The van der Waals surface area contributed by atoms with E-state index >= 15 is 0 Å². The zero-order valence-corrected chi connectivity index (χ0v) is 27.4. The van der Waals surface area contributed by atoms with Gasteiger partial charge >= 0.3 is 5.97 Å². The second-order valence-corrected chi connectivity index (χ2v) is 16.8. The van der Waals surface area contributed by atoms with Crippen LogP contribution >= 0.6 is 0 Å². The highest BCUT2D eigenvalue weighted by Gasteiger charge is 2.70. The van der Waals surface area contributed by atoms with Crippen LogP contribution in [0.3, 0.4) is 0 Å². The van der Waals surface area contributed by atoms with Crippen LogP contribution < -0.4 is 5.32 Å². The lowest BCUT2D eigenvalue weighted by molar-refractivity contribution is -0.220. The lowest BCUT2D eigenvalue weighted by Crippen LogP contribution is -2.68. The molecule has 41 heavy (non-hydrogen) atoms. The molecule has 6 rings (SSSR count). The minimum atomic E-state index is -0.680. The first kappa shape index (κ1) is 29.7. The molecule has 1 aliphatic heterocycles. The average Bonchev–Trinajstić information content (AvgIpc) is 2.93. The Hall–Kier alpha value is -1.36. The zero-order valence-electron chi connectivity index (χ0n) is 27.4. The fraction of sp³-hybridized carbons (Fsp3) is 0.889. The highest BCUT2D eigenvalue weighted by Crippen LogP contribution is 2.76. The van der Waals surface area contributed by atoms with Gasteiger partial charge in [0.25, 0.3) is 0 Å². The first-order valence-corrected chi connectivity index (χ1v) is 17.1. The number of hydrogen-bond donors (Lipinski definition) is 1. The van der Waals surface area contributed by atoms with Gasteiger partial charge in [-0.1, -0.05) is 53.2 Å². The van der Waals surface area contributed by atoms with E-state index in [-0.39, 0.29) is 40.1 Å². The molecule has 0 aromatic rings. The van der Waals surface area contributed by atoms with Gasteiger partial charge in [-0.3, -0.25) is 9.59 Å². The monoisotopic (exact) mass is 566 g/mol. The minimum absolute atomic E-state index is 0.0410. The van der Waals surface area contributed by atoms with Crippen molar-refractivity contribution >= 4 is 11.9 Å². The number of esters is 1. The number of amides is 1. The molecule has 0 aromatic heterocycles. The maximum Gasteiger partial charge on any atom is 0.302 e. The Balaban J connectivity index is 1.40. The number of piperazine rings is 1. The number of rotatable bonds is 2. The molecule has 4 saturated carbocycles. The summed E-state index contributed by atoms with van der Waals surface area (Å²) in [6.45, 7) is 22.3. The second kappa shape index (κ2) is 9.83. The van der Waals surface area contributed by atoms with Crippen LogP contribution in [0.15, 0.2) is 11.6 Å². The minimum Gasteiger partial charge on any atom is -0.461 e. The summed E-state index contributed by atoms with van der Waals surface area (Å²) >= 11 is 0. The molecule has 1 amide bonds. The van der Waals surface area contributed by atoms with Crippen LogP contribution in [-0.4, -0.2) is 49.1 Å². The van der Waals surface area contributed by atoms with Crippen LogP contribution in [0.5, 0.6) is 0 Å². The summed E-state index contributed by atoms with van der Waals surface area (Å²) in [6.07, 6.45) is 13.0. The van der Waals surface area contributed by atoms with Crippen molar-refractivity contribution in [1.82, 2.24) is 10.2 Å². The molecule has 5 fully saturated rings. The van der Waals surface area contributed by atoms with Crippen molar-refractivity contribution in [3.05, 3.63) is 11.6 Å². The topological polar surface area (TPSA) is 58.6 Å². The van der Waals surface area contributed by atoms with E-state index < -0.39 is 5.41 Å². The number of allylic oxidation sites excluding steroid dienone is 2. The van der Waals surface area contributed by atoms with E-state index in [1.54, 1.807) is 5.57 Å². The highest BCUT2D eigenvalue weighted by atomic mass is 16.5. The molecule has 6 aliphatic rings. The van der Waals surface area contributed by atoms with Gasteiger partial charge in [-0.2, -0.15) is 0 Å². The molecule has 230 valence electrons. The predicted molar refractivity (Wildman–Crippen MR) is 164 cm³/mol. The van der Waals surface area contributed by atoms with Crippen molar-refractivity contribution in [2.75, 3.05) is 26.2 Å². The molecule has 5 nitrogen and oxygen atoms in total. The Labute approximate surface area is 250 Å². The molecule has 0 radical (unpaired) electrons. The van der Waals surface area contributed by atoms with Gasteiger partial charge in [0.2, 0.25) is 5.91 Å². The summed E-state index contributed by atoms with van der Waals surface area (Å²) in [5.74, 6) is 2.96. The number of nitrogens with one attached hydrogen (secondary N) is 1. The lowest BCUT2D eigenvalue weighted by Gasteiger charge is -2.71. The smallest absolute Gasteiger partial charge is 0.302 e. The van der Waals surface area contributed by atoms with Crippen LogP contribution in [0.25, 0.3) is 0 Å². The van der Waals surface area contributed by atoms with Gasteiger partial charge in [0, 0.05) is 33.1 Å². The van der Waals surface area contributed by atoms with Gasteiger partial charge in [0.05, 0.1) is 5.41 Å². The lowest BCUT2D eigenvalue weighted by atomic mass is 9.33. The molecule has 1 saturated heterocycles. The molecule has 5 heteroatoms. The molecule has 5 aliphatic carbocycles. The van der Waals surface area contributed by atoms with Crippen molar-refractivity contribution < 1.29 is 14.3 Å². The summed E-state index contributed by atoms with van der Waals surface area (Å²) in [5, 5.41) is 3.41. The van der Waals surface area contributed by atoms with Crippen LogP contribution in [0.2, 0.25) is 0 Å². The third kappa shape index (κ3) is 4.02. The SMILES string of the molecule is CC(=O)O[C@@H]1CC[C@@]2(C)C(CC[C@]3(C)C2CC=C2C4[C@@H](C)[C@H](C)CC[C@]4(C)CC[C@]23C)[C@@]1(C)C(=O)N1CCNCC1. The Morgan fingerprint density at radius 2 is 1.61 bits per heavy atom. The summed E-state index contributed by atoms with van der Waals surface area (Å²) < 4.78 is 6.06. The molecular formula is C36H58N2O3. The number of carbonyl (C=O) groups is 2. The van der Waals surface area contributed by atoms with Gasteiger partial charge in [0.15, 0.2) is 0 Å². The highest BCUT2D eigenvalue weighted by molar-refractivity contribution is 5.84. The number of fused-ring (bicyclic) bond motifs is 7. The third-order valence-electron chi connectivity index (χ3n) is 15.2. The van der Waals surface area contributed by atoms with E-state index in [0.717, 1.165) is 70.1 Å². The molecule has 3 unspecified atom stereocenters. The van der Waals surface area contributed by atoms with Crippen molar-refractivity contribution in [1.29, 1.82) is 0 Å². The standard InChI is InChI=1S/C36H58N2O3/c1-23-11-14-32(4)17-18-34(6)26(30(32)24(23)2)9-10-27-33(5)15-13-29(41-25(3)39)36(8,28(33)12-16-35(27,34)7)31(40)38-21-19-37-20-22-38/h9,23-24,27-30,37H,10-22H2,1-8H3/t23-,24+,27?,28?,29-,30?,32-,33-,34-,35-,36-/m1/s1. The molecule has 1 N–H and O–H groups in total. The fourth-order valence-electron chi connectivity index (χ4n) is 12.4. The summed E-state index contributed by atoms with van der Waals surface area (Å²) in [5.41, 5.74) is 2.04. The van der Waals surface area contributed by atoms with Gasteiger partial charge in [0.1, 0.15) is 6.10 Å². The number of carbonyl (C=O) groups excluding carboxylic acids is 2. The molecule has 1 heterocycles. The second-order valence-electron chi connectivity index (χ2n) is 16.8. The third-order valence-corrected chi connectivity index (χ3v) is 15.2. The predicted octanol–water partition coefficient (Wildman–Crippen LogP) is 7.01. The van der Waals surface area contributed by atoms with E-state index in [9.17, 15) is 9.59 Å². The Morgan fingerprint density at radius 3 is 2.29 bits per heavy atom. The Bertz CT molecular complexity index is 1110. The maximum absolute atomic E-state index is 14.5. The summed E-state index contributed by atoms with van der Waals surface area (Å²) in [6, 6.07) is 0. The van der Waals surface area contributed by atoms with Gasteiger partial charge in [-0.05, 0) is 116 Å². The van der Waals surface area contributed by atoms with E-state index in [1.807, 2.05) is 0 Å². The van der Waals surface area contributed by atoms with Crippen LogP contribution in [0, 0.1) is 56.7 Å². The van der Waals surface area contributed by atoms with E-state index in [4.69, 9.17) is 4.74 Å². The quantitative estimate of drug-likeness (QED) is 0.289. The van der Waals surface area contributed by atoms with E-state index in [0.29, 0.717) is 17.3 Å². The van der Waals surface area contributed by atoms with E-state index in [2.05, 4.69) is 64.8 Å².